The van der Waals surface area contributed by atoms with Gasteiger partial charge in [0, 0.05) is 43.3 Å². The summed E-state index contributed by atoms with van der Waals surface area (Å²) >= 11 is 0. The van der Waals surface area contributed by atoms with Gasteiger partial charge in [0.2, 0.25) is 0 Å². The summed E-state index contributed by atoms with van der Waals surface area (Å²) in [7, 11) is 1.96. The van der Waals surface area contributed by atoms with Crippen molar-refractivity contribution in [2.75, 3.05) is 23.3 Å². The van der Waals surface area contributed by atoms with E-state index in [9.17, 15) is 0 Å². The van der Waals surface area contributed by atoms with Gasteiger partial charge in [0.15, 0.2) is 0 Å². The molecule has 0 amide bonds. The van der Waals surface area contributed by atoms with Gasteiger partial charge in [-0.1, -0.05) is 0 Å². The van der Waals surface area contributed by atoms with Crippen molar-refractivity contribution >= 4 is 11.4 Å². The zero-order chi connectivity index (χ0) is 15.4. The molecule has 4 heteroatoms. The molecule has 1 heterocycles. The topological polar surface area (TPSA) is 33.1 Å². The first kappa shape index (κ1) is 15.4. The van der Waals surface area contributed by atoms with E-state index >= 15 is 0 Å². The second-order valence-electron chi connectivity index (χ2n) is 5.43. The summed E-state index contributed by atoms with van der Waals surface area (Å²) in [6, 6.07) is 8.90. The molecule has 1 N–H and O–H groups in total. The van der Waals surface area contributed by atoms with Crippen molar-refractivity contribution in [3.8, 4) is 0 Å². The van der Waals surface area contributed by atoms with E-state index in [0.29, 0.717) is 0 Å². The van der Waals surface area contributed by atoms with Crippen LogP contribution in [0.1, 0.15) is 38.1 Å². The van der Waals surface area contributed by atoms with Crippen molar-refractivity contribution < 1.29 is 0 Å². The number of nitrogens with one attached hydrogen (secondary N) is 1. The van der Waals surface area contributed by atoms with Crippen molar-refractivity contribution in [3.63, 3.8) is 0 Å². The molecule has 0 radical (unpaired) electrons. The van der Waals surface area contributed by atoms with Crippen LogP contribution in [0.25, 0.3) is 0 Å². The first-order chi connectivity index (χ1) is 10.0. The molecule has 0 saturated carbocycles. The minimum Gasteiger partial charge on any atom is -0.378 e. The van der Waals surface area contributed by atoms with Gasteiger partial charge in [-0.3, -0.25) is 4.68 Å². The van der Waals surface area contributed by atoms with Crippen LogP contribution in [0, 0.1) is 6.92 Å². The first-order valence-electron chi connectivity index (χ1n) is 7.66. The Hall–Kier alpha value is -1.97. The van der Waals surface area contributed by atoms with Gasteiger partial charge in [-0.15, -0.1) is 0 Å². The Morgan fingerprint density at radius 3 is 2.29 bits per heavy atom. The number of hydrogen-bond donors (Lipinski definition) is 1. The summed E-state index contributed by atoms with van der Waals surface area (Å²) < 4.78 is 1.87. The van der Waals surface area contributed by atoms with E-state index in [1.54, 1.807) is 0 Å². The molecule has 21 heavy (non-hydrogen) atoms. The first-order valence-corrected chi connectivity index (χ1v) is 7.66. The van der Waals surface area contributed by atoms with E-state index in [2.05, 4.69) is 73.5 Å². The van der Waals surface area contributed by atoms with Gasteiger partial charge in [-0.05, 0) is 52.0 Å². The average Bonchev–Trinajstić information content (AvgIpc) is 2.81. The lowest BCUT2D eigenvalue weighted by atomic mass is 10.1. The van der Waals surface area contributed by atoms with Gasteiger partial charge >= 0.3 is 0 Å². The number of benzene rings is 1. The third-order valence-electron chi connectivity index (χ3n) is 3.90. The minimum atomic E-state index is 0.248. The summed E-state index contributed by atoms with van der Waals surface area (Å²) in [5.74, 6) is 0. The van der Waals surface area contributed by atoms with Crippen LogP contribution in [-0.4, -0.2) is 22.9 Å². The Kier molecular flexibility index (Phi) is 4.89. The predicted octanol–water partition coefficient (Wildman–Crippen LogP) is 3.75. The fourth-order valence-electron chi connectivity index (χ4n) is 2.73. The number of anilines is 2. The number of hydrogen-bond acceptors (Lipinski definition) is 3. The predicted molar refractivity (Wildman–Crippen MR) is 90.0 cm³/mol. The van der Waals surface area contributed by atoms with E-state index in [0.717, 1.165) is 24.5 Å². The highest BCUT2D eigenvalue weighted by Crippen LogP contribution is 2.23. The SMILES string of the molecule is CCN(CC)c1ccc(NC(C)c2cn(C)nc2C)cc1. The third kappa shape index (κ3) is 3.57. The van der Waals surface area contributed by atoms with Gasteiger partial charge in [0.05, 0.1) is 11.7 Å². The molecule has 0 aliphatic carbocycles. The van der Waals surface area contributed by atoms with E-state index in [1.165, 1.54) is 11.3 Å². The van der Waals surface area contributed by atoms with E-state index < -0.39 is 0 Å². The fourth-order valence-corrected chi connectivity index (χ4v) is 2.73. The van der Waals surface area contributed by atoms with E-state index in [-0.39, 0.29) is 6.04 Å². The van der Waals surface area contributed by atoms with Gasteiger partial charge in [-0.25, -0.2) is 0 Å². The summed E-state index contributed by atoms with van der Waals surface area (Å²) in [6.07, 6.45) is 2.08. The zero-order valence-corrected chi connectivity index (χ0v) is 13.7. The van der Waals surface area contributed by atoms with Crippen molar-refractivity contribution in [1.29, 1.82) is 0 Å². The maximum absolute atomic E-state index is 4.40. The highest BCUT2D eigenvalue weighted by Gasteiger charge is 2.11. The molecule has 2 aromatic rings. The molecule has 0 spiro atoms. The molecule has 0 fully saturated rings. The van der Waals surface area contributed by atoms with Crippen LogP contribution < -0.4 is 10.2 Å². The van der Waals surface area contributed by atoms with Crippen molar-refractivity contribution in [1.82, 2.24) is 9.78 Å². The highest BCUT2D eigenvalue weighted by atomic mass is 15.3. The molecule has 0 saturated heterocycles. The summed E-state index contributed by atoms with van der Waals surface area (Å²) in [5.41, 5.74) is 4.74. The minimum absolute atomic E-state index is 0.248. The van der Waals surface area contributed by atoms with E-state index in [4.69, 9.17) is 0 Å². The normalized spacial score (nSPS) is 12.2. The molecule has 1 aromatic carbocycles. The zero-order valence-electron chi connectivity index (χ0n) is 13.7. The number of aromatic nitrogens is 2. The lowest BCUT2D eigenvalue weighted by molar-refractivity contribution is 0.756. The smallest absolute Gasteiger partial charge is 0.0646 e. The Morgan fingerprint density at radius 2 is 1.81 bits per heavy atom. The molecule has 0 aliphatic rings. The van der Waals surface area contributed by atoms with Gasteiger partial charge in [0.1, 0.15) is 0 Å². The lowest BCUT2D eigenvalue weighted by Crippen LogP contribution is -2.21. The van der Waals surface area contributed by atoms with Crippen LogP contribution in [0.3, 0.4) is 0 Å². The Labute approximate surface area is 127 Å². The highest BCUT2D eigenvalue weighted by molar-refractivity contribution is 5.55. The molecule has 114 valence electrons. The number of rotatable bonds is 6. The summed E-state index contributed by atoms with van der Waals surface area (Å²) in [4.78, 5) is 2.35. The molecule has 2 rings (SSSR count). The van der Waals surface area contributed by atoms with Gasteiger partial charge < -0.3 is 10.2 Å². The molecule has 1 atom stereocenters. The largest absolute Gasteiger partial charge is 0.378 e. The van der Waals surface area contributed by atoms with Crippen molar-refractivity contribution in [3.05, 3.63) is 41.7 Å². The van der Waals surface area contributed by atoms with Crippen LogP contribution in [0.2, 0.25) is 0 Å². The monoisotopic (exact) mass is 286 g/mol. The molecular weight excluding hydrogens is 260 g/mol. The molecule has 4 nitrogen and oxygen atoms in total. The standard InChI is InChI=1S/C17H26N4/c1-6-21(7-2)16-10-8-15(9-11-16)18-13(3)17-12-20(5)19-14(17)4/h8-13,18H,6-7H2,1-5H3. The molecular formula is C17H26N4. The van der Waals surface area contributed by atoms with Crippen LogP contribution >= 0.6 is 0 Å². The van der Waals surface area contributed by atoms with Crippen LogP contribution in [0.5, 0.6) is 0 Å². The molecule has 1 aromatic heterocycles. The third-order valence-corrected chi connectivity index (χ3v) is 3.90. The van der Waals surface area contributed by atoms with Crippen molar-refractivity contribution in [2.24, 2.45) is 7.05 Å². The van der Waals surface area contributed by atoms with Gasteiger partial charge in [0.25, 0.3) is 0 Å². The second kappa shape index (κ2) is 6.66. The van der Waals surface area contributed by atoms with Gasteiger partial charge in [-0.2, -0.15) is 5.10 Å². The van der Waals surface area contributed by atoms with Crippen molar-refractivity contribution in [2.45, 2.75) is 33.7 Å². The Bertz CT molecular complexity index is 567. The fraction of sp³-hybridized carbons (Fsp3) is 0.471. The number of aryl methyl sites for hydroxylation is 2. The molecule has 0 aliphatic heterocycles. The maximum Gasteiger partial charge on any atom is 0.0646 e. The van der Waals surface area contributed by atoms with E-state index in [1.807, 2.05) is 11.7 Å². The quantitative estimate of drug-likeness (QED) is 0.878. The number of nitrogens with zero attached hydrogens (tertiary/aromatic N) is 3. The Morgan fingerprint density at radius 1 is 1.19 bits per heavy atom. The van der Waals surface area contributed by atoms with Crippen LogP contribution in [0.15, 0.2) is 30.5 Å². The Balaban J connectivity index is 2.08. The second-order valence-corrected chi connectivity index (χ2v) is 5.43. The summed E-state index contributed by atoms with van der Waals surface area (Å²) in [6.45, 7) is 10.7. The van der Waals surface area contributed by atoms with Crippen LogP contribution in [-0.2, 0) is 7.05 Å². The van der Waals surface area contributed by atoms with Crippen LogP contribution in [0.4, 0.5) is 11.4 Å². The lowest BCUT2D eigenvalue weighted by Gasteiger charge is -2.22. The molecule has 0 bridgehead atoms. The average molecular weight is 286 g/mol. The summed E-state index contributed by atoms with van der Waals surface area (Å²) in [5, 5.41) is 7.95. The maximum atomic E-state index is 4.40. The molecule has 1 unspecified atom stereocenters.